The van der Waals surface area contributed by atoms with Crippen molar-refractivity contribution in [3.05, 3.63) is 0 Å². The van der Waals surface area contributed by atoms with E-state index in [1.165, 1.54) is 0 Å². The topological polar surface area (TPSA) is 57.2 Å². The van der Waals surface area contributed by atoms with E-state index in [1.54, 1.807) is 20.8 Å². The summed E-state index contributed by atoms with van der Waals surface area (Å²) in [5.74, 6) is -4.39. The molecule has 0 saturated heterocycles. The van der Waals surface area contributed by atoms with Crippen LogP contribution in [0.5, 0.6) is 0 Å². The van der Waals surface area contributed by atoms with E-state index in [4.69, 9.17) is 13.0 Å². The molecule has 0 aliphatic rings. The monoisotopic (exact) mass is 415 g/mol. The smallest absolute Gasteiger partial charge is 0.485 e. The Morgan fingerprint density at radius 1 is 0.880 bits per heavy atom. The molecule has 0 amide bonds. The second kappa shape index (κ2) is 8.75. The number of hydrogen-bond donors (Lipinski definition) is 0. The SMILES string of the molecule is CC[N+](CC)(CC)CC(F)(F)C(F)C(F)(F)F.O=S(=O)([O-])C(F)(F)F. The highest BCUT2D eigenvalue weighted by Crippen LogP contribution is 2.36. The summed E-state index contributed by atoms with van der Waals surface area (Å²) >= 11 is 0. The van der Waals surface area contributed by atoms with Crippen LogP contribution in [0.25, 0.3) is 0 Å². The molecule has 0 spiro atoms. The molecule has 0 aromatic carbocycles. The van der Waals surface area contributed by atoms with E-state index >= 15 is 0 Å². The van der Waals surface area contributed by atoms with Gasteiger partial charge < -0.3 is 9.04 Å². The molecule has 1 unspecified atom stereocenters. The second-order valence-electron chi connectivity index (χ2n) is 5.01. The first-order valence-electron chi connectivity index (χ1n) is 6.75. The molecule has 0 aliphatic carbocycles. The lowest BCUT2D eigenvalue weighted by Crippen LogP contribution is -2.58. The van der Waals surface area contributed by atoms with Crippen LogP contribution in [0, 0.1) is 0 Å². The largest absolute Gasteiger partial charge is 0.741 e. The quantitative estimate of drug-likeness (QED) is 0.289. The number of alkyl halides is 9. The van der Waals surface area contributed by atoms with Gasteiger partial charge in [-0.1, -0.05) is 0 Å². The molecule has 4 nitrogen and oxygen atoms in total. The Balaban J connectivity index is 0. The third-order valence-corrected chi connectivity index (χ3v) is 4.07. The van der Waals surface area contributed by atoms with Gasteiger partial charge in [0.15, 0.2) is 10.1 Å². The second-order valence-corrected chi connectivity index (χ2v) is 6.38. The van der Waals surface area contributed by atoms with Crippen LogP contribution < -0.4 is 0 Å². The Bertz CT molecular complexity index is 490. The van der Waals surface area contributed by atoms with Crippen molar-refractivity contribution < 1.29 is 57.0 Å². The van der Waals surface area contributed by atoms with Gasteiger partial charge in [-0.25, -0.2) is 12.8 Å². The minimum absolute atomic E-state index is 0.233. The highest BCUT2D eigenvalue weighted by atomic mass is 32.2. The Labute approximate surface area is 138 Å². The van der Waals surface area contributed by atoms with Crippen LogP contribution in [0.3, 0.4) is 0 Å². The maximum Gasteiger partial charge on any atom is 0.485 e. The Morgan fingerprint density at radius 2 is 1.16 bits per heavy atom. The van der Waals surface area contributed by atoms with Gasteiger partial charge in [0.25, 0.3) is 6.17 Å². The van der Waals surface area contributed by atoms with E-state index in [9.17, 15) is 39.5 Å². The van der Waals surface area contributed by atoms with E-state index in [-0.39, 0.29) is 24.1 Å². The van der Waals surface area contributed by atoms with Crippen molar-refractivity contribution in [1.29, 1.82) is 0 Å². The van der Waals surface area contributed by atoms with Crippen LogP contribution in [-0.2, 0) is 10.1 Å². The lowest BCUT2D eigenvalue weighted by atomic mass is 10.1. The van der Waals surface area contributed by atoms with Crippen molar-refractivity contribution in [3.63, 3.8) is 0 Å². The molecule has 0 rings (SSSR count). The van der Waals surface area contributed by atoms with Crippen molar-refractivity contribution in [2.24, 2.45) is 0 Å². The van der Waals surface area contributed by atoms with E-state index in [2.05, 4.69) is 0 Å². The first-order valence-corrected chi connectivity index (χ1v) is 8.16. The Kier molecular flexibility index (Phi) is 9.27. The van der Waals surface area contributed by atoms with Crippen molar-refractivity contribution in [1.82, 2.24) is 0 Å². The molecule has 0 aromatic heterocycles. The van der Waals surface area contributed by atoms with Gasteiger partial charge in [0, 0.05) is 0 Å². The van der Waals surface area contributed by atoms with Crippen molar-refractivity contribution >= 4 is 10.1 Å². The highest BCUT2D eigenvalue weighted by molar-refractivity contribution is 7.86. The summed E-state index contributed by atoms with van der Waals surface area (Å²) in [7, 11) is -6.09. The average molecular weight is 415 g/mol. The molecule has 0 fully saturated rings. The fraction of sp³-hybridized carbons (Fsp3) is 1.00. The predicted molar refractivity (Wildman–Crippen MR) is 68.4 cm³/mol. The summed E-state index contributed by atoms with van der Waals surface area (Å²) in [6, 6.07) is 0. The van der Waals surface area contributed by atoms with E-state index in [0.717, 1.165) is 0 Å². The Morgan fingerprint density at radius 3 is 1.32 bits per heavy atom. The zero-order valence-electron chi connectivity index (χ0n) is 13.4. The van der Waals surface area contributed by atoms with E-state index < -0.39 is 40.4 Å². The lowest BCUT2D eigenvalue weighted by molar-refractivity contribution is -0.930. The molecule has 0 aliphatic heterocycles. The van der Waals surface area contributed by atoms with Gasteiger partial charge >= 0.3 is 17.6 Å². The standard InChI is InChI=1S/C10H18F6N.CHF3O3S/c1-4-17(5-2,6-3)7-9(12,13)8(11)10(14,15)16;2-1(3,4)8(5,6)7/h8H,4-7H2,1-3H3;(H,5,6,7)/q+1;/p-1. The van der Waals surface area contributed by atoms with E-state index in [0.29, 0.717) is 0 Å². The summed E-state index contributed by atoms with van der Waals surface area (Å²) in [6.45, 7) is 4.41. The number of halogens is 9. The summed E-state index contributed by atoms with van der Waals surface area (Å²) in [6.07, 6.45) is -9.62. The molecule has 0 saturated carbocycles. The maximum absolute atomic E-state index is 13.3. The molecule has 0 heterocycles. The molecule has 0 bridgehead atoms. The normalized spacial score (nSPS) is 15.4. The third-order valence-electron chi connectivity index (χ3n) is 3.50. The first kappa shape index (κ1) is 26.5. The molecular weight excluding hydrogens is 397 g/mol. The summed E-state index contributed by atoms with van der Waals surface area (Å²) in [4.78, 5) is 0. The maximum atomic E-state index is 13.3. The number of quaternary nitrogens is 1. The van der Waals surface area contributed by atoms with Gasteiger partial charge in [-0.05, 0) is 20.8 Å². The van der Waals surface area contributed by atoms with Gasteiger partial charge in [-0.3, -0.25) is 0 Å². The summed E-state index contributed by atoms with van der Waals surface area (Å²) in [5.41, 5.74) is -5.65. The van der Waals surface area contributed by atoms with Gasteiger partial charge in [0.05, 0.1) is 19.6 Å². The number of nitrogens with zero attached hydrogens (tertiary/aromatic N) is 1. The number of hydrogen-bond acceptors (Lipinski definition) is 3. The molecule has 25 heavy (non-hydrogen) atoms. The lowest BCUT2D eigenvalue weighted by Gasteiger charge is -2.39. The molecule has 0 N–H and O–H groups in total. The zero-order chi connectivity index (χ0) is 20.9. The molecular formula is C11H18F9NO3S. The fourth-order valence-electron chi connectivity index (χ4n) is 1.77. The third kappa shape index (κ3) is 8.44. The molecule has 0 radical (unpaired) electrons. The molecule has 14 heteroatoms. The average Bonchev–Trinajstić information content (AvgIpc) is 2.41. The number of rotatable bonds is 6. The van der Waals surface area contributed by atoms with Crippen LogP contribution in [0.15, 0.2) is 0 Å². The van der Waals surface area contributed by atoms with Crippen molar-refractivity contribution in [2.45, 2.75) is 44.6 Å². The fourth-order valence-corrected chi connectivity index (χ4v) is 1.77. The predicted octanol–water partition coefficient (Wildman–Crippen LogP) is 3.45. The van der Waals surface area contributed by atoms with Crippen LogP contribution in [0.4, 0.5) is 39.5 Å². The van der Waals surface area contributed by atoms with Gasteiger partial charge in [0.2, 0.25) is 0 Å². The zero-order valence-corrected chi connectivity index (χ0v) is 14.2. The van der Waals surface area contributed by atoms with E-state index in [1.807, 2.05) is 0 Å². The van der Waals surface area contributed by atoms with Gasteiger partial charge in [-0.15, -0.1) is 0 Å². The minimum atomic E-state index is -6.09. The highest BCUT2D eigenvalue weighted by Gasteiger charge is 2.59. The summed E-state index contributed by atoms with van der Waals surface area (Å²) < 4.78 is 134. The first-order chi connectivity index (χ1) is 10.8. The minimum Gasteiger partial charge on any atom is -0.741 e. The van der Waals surface area contributed by atoms with Crippen LogP contribution in [0.2, 0.25) is 0 Å². The molecule has 1 atom stereocenters. The van der Waals surface area contributed by atoms with Gasteiger partial charge in [-0.2, -0.15) is 35.1 Å². The van der Waals surface area contributed by atoms with Crippen LogP contribution >= 0.6 is 0 Å². The van der Waals surface area contributed by atoms with Gasteiger partial charge in [0.1, 0.15) is 6.54 Å². The van der Waals surface area contributed by atoms with Crippen LogP contribution in [-0.4, -0.2) is 67.4 Å². The van der Waals surface area contributed by atoms with Crippen molar-refractivity contribution in [2.75, 3.05) is 26.2 Å². The summed E-state index contributed by atoms with van der Waals surface area (Å²) in [5, 5.41) is 0. The molecule has 154 valence electrons. The molecule has 0 aromatic rings. The van der Waals surface area contributed by atoms with Crippen LogP contribution in [0.1, 0.15) is 20.8 Å². The van der Waals surface area contributed by atoms with Crippen molar-refractivity contribution in [3.8, 4) is 0 Å². The Hall–Kier alpha value is -0.760.